The molecule has 0 bridgehead atoms. The van der Waals surface area contributed by atoms with Crippen LogP contribution in [0.25, 0.3) is 40.6 Å². The predicted octanol–water partition coefficient (Wildman–Crippen LogP) is 14.4. The molecule has 20 heteroatoms. The van der Waals surface area contributed by atoms with Gasteiger partial charge in [0.15, 0.2) is 5.69 Å². The standard InChI is InChI=1S/C31H33Cl2FN4O2.C29H24Cl2FN5O3/c1-20(36-15-6-5-7-16-36)28-24-14-17-37(30(39)40-31(2,3)4)27(18-21-8-11-23(34)12-9-21)29(24)38(35-28)26-13-10-22(32)19-25(26)33;1-17(23-5-3-4-13-33-23)34-28(38)26-21-12-14-36(29(39)40-2)25(15-18-6-9-20(32)10-7-18)27(21)37(35-26)24-11-8-19(30)16-22(24)31/h8-13,18-19H,1,5-7,14-17H2,2-4H3;3-11,13,15-17H,12,14H2,1-2H3,(H,34,38)/b27-18-;25-15-. The maximum atomic E-state index is 13.8. The van der Waals surface area contributed by atoms with E-state index in [9.17, 15) is 23.2 Å². The van der Waals surface area contributed by atoms with Gasteiger partial charge in [0.05, 0.1) is 68.7 Å². The Morgan fingerprint density at radius 3 is 1.65 bits per heavy atom. The van der Waals surface area contributed by atoms with E-state index < -0.39 is 35.6 Å². The summed E-state index contributed by atoms with van der Waals surface area (Å²) in [7, 11) is 1.29. The lowest BCUT2D eigenvalue weighted by Gasteiger charge is -2.33. The Morgan fingerprint density at radius 2 is 1.18 bits per heavy atom. The summed E-state index contributed by atoms with van der Waals surface area (Å²) in [6, 6.07) is 27.2. The number of piperidine rings is 1. The summed E-state index contributed by atoms with van der Waals surface area (Å²) in [6.07, 6.45) is 8.43. The number of fused-ring (bicyclic) bond motifs is 2. The van der Waals surface area contributed by atoms with Crippen molar-refractivity contribution in [3.8, 4) is 11.4 Å². The maximum Gasteiger partial charge on any atom is 0.414 e. The number of nitrogens with zero attached hydrogens (tertiary/aromatic N) is 8. The molecule has 0 radical (unpaired) electrons. The van der Waals surface area contributed by atoms with Crippen LogP contribution in [0.5, 0.6) is 0 Å². The van der Waals surface area contributed by atoms with Gasteiger partial charge in [-0.15, -0.1) is 0 Å². The molecule has 414 valence electrons. The summed E-state index contributed by atoms with van der Waals surface area (Å²) < 4.78 is 41.6. The summed E-state index contributed by atoms with van der Waals surface area (Å²) in [5.41, 5.74) is 8.00. The van der Waals surface area contributed by atoms with E-state index in [2.05, 4.69) is 21.8 Å². The fourth-order valence-electron chi connectivity index (χ4n) is 9.73. The summed E-state index contributed by atoms with van der Waals surface area (Å²) in [5, 5.41) is 14.4. The van der Waals surface area contributed by atoms with Crippen molar-refractivity contribution >= 4 is 93.7 Å². The van der Waals surface area contributed by atoms with Gasteiger partial charge in [0.1, 0.15) is 22.9 Å². The first-order valence-corrected chi connectivity index (χ1v) is 27.4. The largest absolute Gasteiger partial charge is 0.452 e. The van der Waals surface area contributed by atoms with Crippen LogP contribution in [0.4, 0.5) is 18.4 Å². The Bertz CT molecular complexity index is 3540. The molecule has 3 aromatic heterocycles. The second kappa shape index (κ2) is 24.5. The van der Waals surface area contributed by atoms with E-state index in [1.54, 1.807) is 82.5 Å². The highest BCUT2D eigenvalue weighted by molar-refractivity contribution is 6.36. The first-order chi connectivity index (χ1) is 38.3. The quantitative estimate of drug-likeness (QED) is 0.150. The molecule has 1 unspecified atom stereocenters. The number of carbonyl (C=O) groups is 3. The molecular formula is C60H57Cl4F2N9O5. The maximum absolute atomic E-state index is 13.8. The molecule has 0 aliphatic carbocycles. The van der Waals surface area contributed by atoms with Gasteiger partial charge in [0.2, 0.25) is 0 Å². The Labute approximate surface area is 482 Å². The first kappa shape index (κ1) is 57.2. The van der Waals surface area contributed by atoms with Gasteiger partial charge in [0.25, 0.3) is 5.91 Å². The van der Waals surface area contributed by atoms with E-state index in [1.165, 1.54) is 47.4 Å². The number of rotatable bonds is 9. The van der Waals surface area contributed by atoms with Crippen LogP contribution < -0.4 is 5.32 Å². The van der Waals surface area contributed by atoms with Crippen molar-refractivity contribution in [2.45, 2.75) is 71.4 Å². The fourth-order valence-corrected chi connectivity index (χ4v) is 10.7. The Morgan fingerprint density at radius 1 is 0.675 bits per heavy atom. The average Bonchev–Trinajstić information content (AvgIpc) is 4.07. The van der Waals surface area contributed by atoms with Crippen molar-refractivity contribution in [1.29, 1.82) is 0 Å². The third kappa shape index (κ3) is 12.7. The molecule has 3 aliphatic rings. The number of ether oxygens (including phenoxy) is 2. The van der Waals surface area contributed by atoms with Crippen LogP contribution in [0.2, 0.25) is 20.1 Å². The number of aromatic nitrogens is 5. The SMILES string of the molecule is C=C(c1nn(-c2ccc(Cl)cc2Cl)c2c1CCN(C(=O)OC(C)(C)C)/C2=C\c1ccc(F)cc1)N1CCCCC1.COC(=O)N1CCc2c(C(=O)NC(C)c3ccccn3)nn(-c3ccc(Cl)cc3Cl)c2/C1=C/c1ccc(F)cc1. The number of likely N-dealkylation sites (tertiary alicyclic amines) is 1. The lowest BCUT2D eigenvalue weighted by atomic mass is 9.97. The van der Waals surface area contributed by atoms with Gasteiger partial charge in [-0.3, -0.25) is 19.6 Å². The zero-order chi connectivity index (χ0) is 57.0. The van der Waals surface area contributed by atoms with Crippen LogP contribution in [0.15, 0.2) is 116 Å². The van der Waals surface area contributed by atoms with Gasteiger partial charge in [0, 0.05) is 53.5 Å². The molecule has 80 heavy (non-hydrogen) atoms. The number of pyridine rings is 1. The number of carbonyl (C=O) groups excluding carboxylic acids is 3. The molecular weight excluding hydrogens is 1110 g/mol. The Kier molecular flexibility index (Phi) is 17.5. The van der Waals surface area contributed by atoms with Gasteiger partial charge >= 0.3 is 12.2 Å². The zero-order valence-electron chi connectivity index (χ0n) is 44.6. The van der Waals surface area contributed by atoms with Crippen molar-refractivity contribution in [3.05, 3.63) is 198 Å². The van der Waals surface area contributed by atoms with Gasteiger partial charge in [-0.05, 0) is 156 Å². The molecule has 0 spiro atoms. The minimum atomic E-state index is -0.689. The van der Waals surface area contributed by atoms with Crippen molar-refractivity contribution in [1.82, 2.24) is 44.6 Å². The van der Waals surface area contributed by atoms with E-state index in [0.717, 1.165) is 48.4 Å². The normalized spacial score (nSPS) is 15.6. The molecule has 1 fully saturated rings. The molecule has 3 amide bonds. The molecule has 1 saturated heterocycles. The number of hydrogen-bond donors (Lipinski definition) is 1. The van der Waals surface area contributed by atoms with Crippen LogP contribution in [0, 0.1) is 11.6 Å². The Hall–Kier alpha value is -7.50. The minimum absolute atomic E-state index is 0.179. The summed E-state index contributed by atoms with van der Waals surface area (Å²) in [4.78, 5) is 49.7. The predicted molar refractivity (Wildman–Crippen MR) is 310 cm³/mol. The monoisotopic (exact) mass is 1160 g/mol. The number of methoxy groups -OCH3 is 1. The van der Waals surface area contributed by atoms with Crippen molar-refractivity contribution in [2.75, 3.05) is 33.3 Å². The lowest BCUT2D eigenvalue weighted by molar-refractivity contribution is 0.0350. The highest BCUT2D eigenvalue weighted by Crippen LogP contribution is 2.41. The van der Waals surface area contributed by atoms with Crippen molar-refractivity contribution < 1.29 is 32.6 Å². The summed E-state index contributed by atoms with van der Waals surface area (Å²) in [5.74, 6) is -1.14. The van der Waals surface area contributed by atoms with E-state index in [1.807, 2.05) is 52.0 Å². The lowest BCUT2D eigenvalue weighted by Crippen LogP contribution is -2.39. The van der Waals surface area contributed by atoms with Gasteiger partial charge in [-0.1, -0.05) is 83.3 Å². The molecule has 1 N–H and O–H groups in total. The number of hydrogen-bond acceptors (Lipinski definition) is 9. The van der Waals surface area contributed by atoms with Crippen LogP contribution in [0.3, 0.4) is 0 Å². The van der Waals surface area contributed by atoms with Gasteiger partial charge in [-0.2, -0.15) is 10.2 Å². The minimum Gasteiger partial charge on any atom is -0.452 e. The number of benzene rings is 4. The molecule has 4 aromatic carbocycles. The van der Waals surface area contributed by atoms with Crippen LogP contribution in [-0.4, -0.2) is 96.2 Å². The second-order valence-electron chi connectivity index (χ2n) is 20.2. The molecule has 0 saturated carbocycles. The number of halogens is 6. The summed E-state index contributed by atoms with van der Waals surface area (Å²) >= 11 is 25.7. The molecule has 6 heterocycles. The molecule has 1 atom stereocenters. The number of amides is 3. The molecule has 10 rings (SSSR count). The number of nitrogens with one attached hydrogen (secondary N) is 1. The summed E-state index contributed by atoms with van der Waals surface area (Å²) in [6.45, 7) is 14.2. The Balaban J connectivity index is 0.000000194. The third-order valence-corrected chi connectivity index (χ3v) is 14.6. The van der Waals surface area contributed by atoms with Gasteiger partial charge < -0.3 is 19.7 Å². The highest BCUT2D eigenvalue weighted by atomic mass is 35.5. The average molecular weight is 1160 g/mol. The van der Waals surface area contributed by atoms with Crippen LogP contribution >= 0.6 is 46.4 Å². The van der Waals surface area contributed by atoms with E-state index in [-0.39, 0.29) is 18.1 Å². The van der Waals surface area contributed by atoms with Crippen molar-refractivity contribution in [3.63, 3.8) is 0 Å². The van der Waals surface area contributed by atoms with Gasteiger partial charge in [-0.25, -0.2) is 27.7 Å². The van der Waals surface area contributed by atoms with Crippen LogP contribution in [0.1, 0.15) is 109 Å². The first-order valence-electron chi connectivity index (χ1n) is 25.9. The fraction of sp³-hybridized carbons (Fsp3) is 0.267. The topological polar surface area (TPSA) is 140 Å². The zero-order valence-corrected chi connectivity index (χ0v) is 47.6. The van der Waals surface area contributed by atoms with E-state index in [0.29, 0.717) is 90.5 Å². The van der Waals surface area contributed by atoms with Crippen LogP contribution in [-0.2, 0) is 22.3 Å². The van der Waals surface area contributed by atoms with E-state index >= 15 is 0 Å². The smallest absolute Gasteiger partial charge is 0.414 e. The molecule has 7 aromatic rings. The molecule has 3 aliphatic heterocycles. The third-order valence-electron chi connectivity index (χ3n) is 13.5. The molecule has 14 nitrogen and oxygen atoms in total. The van der Waals surface area contributed by atoms with Crippen molar-refractivity contribution in [2.24, 2.45) is 0 Å². The highest BCUT2D eigenvalue weighted by Gasteiger charge is 2.38. The second-order valence-corrected chi connectivity index (χ2v) is 21.9. The van der Waals surface area contributed by atoms with E-state index in [4.69, 9.17) is 66.1 Å².